The number of rotatable bonds is 6. The Morgan fingerprint density at radius 2 is 1.97 bits per heavy atom. The summed E-state index contributed by atoms with van der Waals surface area (Å²) in [7, 11) is 0. The number of carbonyl (C=O) groups is 1. The van der Waals surface area contributed by atoms with Gasteiger partial charge in [-0.05, 0) is 54.7 Å². The lowest BCUT2D eigenvalue weighted by atomic mass is 9.84. The van der Waals surface area contributed by atoms with Gasteiger partial charge in [-0.15, -0.1) is 0 Å². The number of nitrogens with one attached hydrogen (secondary N) is 1. The molecule has 1 unspecified atom stereocenters. The molecule has 1 N–H and O–H groups in total. The normalized spacial score (nSPS) is 19.1. The maximum atomic E-state index is 12.9. The Bertz CT molecular complexity index is 939. The van der Waals surface area contributed by atoms with E-state index in [0.717, 1.165) is 54.0 Å². The molecule has 0 spiro atoms. The first kappa shape index (κ1) is 19.6. The Kier molecular flexibility index (Phi) is 5.95. The van der Waals surface area contributed by atoms with Gasteiger partial charge in [-0.1, -0.05) is 49.4 Å². The standard InChI is InChI=1S/C24H26N2O2S/c1-2-14-26-20-12-7-13-21(27)22(20)23(25-24(26)29)18-10-6-11-19(15-18)28-16-17-8-4-3-5-9-17/h3-6,8-11,15,23H,2,7,12-14,16H2,1H3,(H,25,29). The van der Waals surface area contributed by atoms with Gasteiger partial charge in [0.1, 0.15) is 12.4 Å². The third kappa shape index (κ3) is 4.20. The minimum atomic E-state index is -0.210. The van der Waals surface area contributed by atoms with Gasteiger partial charge >= 0.3 is 0 Å². The van der Waals surface area contributed by atoms with E-state index in [9.17, 15) is 4.79 Å². The van der Waals surface area contributed by atoms with E-state index in [1.54, 1.807) is 0 Å². The number of benzene rings is 2. The van der Waals surface area contributed by atoms with Crippen LogP contribution in [0.3, 0.4) is 0 Å². The van der Waals surface area contributed by atoms with Crippen LogP contribution in [0.25, 0.3) is 0 Å². The summed E-state index contributed by atoms with van der Waals surface area (Å²) in [5, 5.41) is 4.13. The van der Waals surface area contributed by atoms with Crippen molar-refractivity contribution in [2.45, 2.75) is 45.3 Å². The van der Waals surface area contributed by atoms with Crippen LogP contribution in [0.4, 0.5) is 0 Å². The molecule has 0 fully saturated rings. The van der Waals surface area contributed by atoms with Crippen LogP contribution in [0, 0.1) is 0 Å². The zero-order chi connectivity index (χ0) is 20.2. The zero-order valence-electron chi connectivity index (χ0n) is 16.7. The minimum Gasteiger partial charge on any atom is -0.489 e. The third-order valence-electron chi connectivity index (χ3n) is 5.44. The van der Waals surface area contributed by atoms with Crippen molar-refractivity contribution in [3.05, 3.63) is 77.0 Å². The summed E-state index contributed by atoms with van der Waals surface area (Å²) < 4.78 is 6.00. The number of ether oxygens (including phenoxy) is 1. The highest BCUT2D eigenvalue weighted by Gasteiger charge is 2.36. The SMILES string of the molecule is CCCN1C(=S)NC(c2cccc(OCc3ccccc3)c2)C2=C1CCCC2=O. The molecule has 0 saturated carbocycles. The molecule has 5 heteroatoms. The van der Waals surface area contributed by atoms with Gasteiger partial charge in [0.2, 0.25) is 0 Å². The number of Topliss-reactive ketones (excluding diaryl/α,β-unsaturated/α-hetero) is 1. The molecule has 2 aromatic rings. The molecular weight excluding hydrogens is 380 g/mol. The fraction of sp³-hybridized carbons (Fsp3) is 0.333. The number of thiocarbonyl (C=S) groups is 1. The fourth-order valence-corrected chi connectivity index (χ4v) is 4.40. The van der Waals surface area contributed by atoms with Crippen molar-refractivity contribution >= 4 is 23.1 Å². The fourth-order valence-electron chi connectivity index (χ4n) is 4.09. The molecule has 0 bridgehead atoms. The van der Waals surface area contributed by atoms with Crippen molar-refractivity contribution in [1.29, 1.82) is 0 Å². The van der Waals surface area contributed by atoms with Crippen LogP contribution in [0.1, 0.15) is 49.8 Å². The Hall–Kier alpha value is -2.66. The first-order chi connectivity index (χ1) is 14.2. The number of hydrogen-bond donors (Lipinski definition) is 1. The van der Waals surface area contributed by atoms with Crippen LogP contribution in [0.5, 0.6) is 5.75 Å². The number of nitrogens with zero attached hydrogens (tertiary/aromatic N) is 1. The second-order valence-corrected chi connectivity index (χ2v) is 7.90. The Morgan fingerprint density at radius 1 is 1.14 bits per heavy atom. The van der Waals surface area contributed by atoms with E-state index in [2.05, 4.69) is 17.1 Å². The van der Waals surface area contributed by atoms with Crippen molar-refractivity contribution in [1.82, 2.24) is 10.2 Å². The number of ketones is 1. The minimum absolute atomic E-state index is 0.210. The lowest BCUT2D eigenvalue weighted by Crippen LogP contribution is -2.49. The van der Waals surface area contributed by atoms with E-state index in [0.29, 0.717) is 18.1 Å². The predicted octanol–water partition coefficient (Wildman–Crippen LogP) is 4.91. The van der Waals surface area contributed by atoms with Crippen LogP contribution in [0.2, 0.25) is 0 Å². The molecule has 0 amide bonds. The van der Waals surface area contributed by atoms with Gasteiger partial charge < -0.3 is 15.0 Å². The van der Waals surface area contributed by atoms with Crippen molar-refractivity contribution in [3.63, 3.8) is 0 Å². The summed E-state index contributed by atoms with van der Waals surface area (Å²) in [5.74, 6) is 1.02. The Balaban J connectivity index is 1.62. The highest BCUT2D eigenvalue weighted by Crippen LogP contribution is 2.38. The summed E-state index contributed by atoms with van der Waals surface area (Å²) >= 11 is 5.66. The topological polar surface area (TPSA) is 41.6 Å². The van der Waals surface area contributed by atoms with E-state index in [4.69, 9.17) is 17.0 Å². The molecule has 150 valence electrons. The molecule has 1 heterocycles. The summed E-state index contributed by atoms with van der Waals surface area (Å²) in [4.78, 5) is 15.0. The molecule has 0 saturated heterocycles. The van der Waals surface area contributed by atoms with Crippen molar-refractivity contribution in [2.24, 2.45) is 0 Å². The smallest absolute Gasteiger partial charge is 0.173 e. The number of carbonyl (C=O) groups excluding carboxylic acids is 1. The zero-order valence-corrected chi connectivity index (χ0v) is 17.5. The van der Waals surface area contributed by atoms with E-state index in [-0.39, 0.29) is 11.8 Å². The van der Waals surface area contributed by atoms with E-state index < -0.39 is 0 Å². The van der Waals surface area contributed by atoms with Gasteiger partial charge in [0, 0.05) is 24.2 Å². The maximum absolute atomic E-state index is 12.9. The second kappa shape index (κ2) is 8.78. The highest BCUT2D eigenvalue weighted by molar-refractivity contribution is 7.80. The largest absolute Gasteiger partial charge is 0.489 e. The molecule has 4 nitrogen and oxygen atoms in total. The predicted molar refractivity (Wildman–Crippen MR) is 119 cm³/mol. The lowest BCUT2D eigenvalue weighted by Gasteiger charge is -2.41. The molecule has 2 aliphatic rings. The van der Waals surface area contributed by atoms with Crippen LogP contribution >= 0.6 is 12.2 Å². The third-order valence-corrected chi connectivity index (χ3v) is 5.78. The molecule has 1 aliphatic heterocycles. The molecule has 0 radical (unpaired) electrons. The van der Waals surface area contributed by atoms with Gasteiger partial charge in [-0.2, -0.15) is 0 Å². The van der Waals surface area contributed by atoms with Crippen molar-refractivity contribution < 1.29 is 9.53 Å². The van der Waals surface area contributed by atoms with E-state index >= 15 is 0 Å². The Labute approximate surface area is 177 Å². The van der Waals surface area contributed by atoms with Crippen LogP contribution in [-0.4, -0.2) is 22.3 Å². The molecule has 0 aromatic heterocycles. The highest BCUT2D eigenvalue weighted by atomic mass is 32.1. The summed E-state index contributed by atoms with van der Waals surface area (Å²) in [6, 6.07) is 17.9. The number of hydrogen-bond acceptors (Lipinski definition) is 3. The van der Waals surface area contributed by atoms with E-state index in [1.807, 2.05) is 54.6 Å². The molecule has 1 aliphatic carbocycles. The van der Waals surface area contributed by atoms with Crippen molar-refractivity contribution in [3.8, 4) is 5.75 Å². The van der Waals surface area contributed by atoms with Gasteiger partial charge in [-0.3, -0.25) is 4.79 Å². The summed E-state index contributed by atoms with van der Waals surface area (Å²) in [6.07, 6.45) is 3.39. The molecule has 1 atom stereocenters. The first-order valence-corrected chi connectivity index (χ1v) is 10.7. The quantitative estimate of drug-likeness (QED) is 0.690. The van der Waals surface area contributed by atoms with Gasteiger partial charge in [-0.25, -0.2) is 0 Å². The molecule has 2 aromatic carbocycles. The maximum Gasteiger partial charge on any atom is 0.173 e. The van der Waals surface area contributed by atoms with E-state index in [1.165, 1.54) is 0 Å². The van der Waals surface area contributed by atoms with Gasteiger partial charge in [0.25, 0.3) is 0 Å². The van der Waals surface area contributed by atoms with Gasteiger partial charge in [0.15, 0.2) is 10.9 Å². The second-order valence-electron chi connectivity index (χ2n) is 7.52. The molecule has 4 rings (SSSR count). The van der Waals surface area contributed by atoms with Crippen LogP contribution < -0.4 is 10.1 Å². The lowest BCUT2D eigenvalue weighted by molar-refractivity contribution is -0.116. The number of allylic oxidation sites excluding steroid dienone is 1. The summed E-state index contributed by atoms with van der Waals surface area (Å²) in [5.41, 5.74) is 4.11. The first-order valence-electron chi connectivity index (χ1n) is 10.3. The molecule has 29 heavy (non-hydrogen) atoms. The monoisotopic (exact) mass is 406 g/mol. The van der Waals surface area contributed by atoms with Gasteiger partial charge in [0.05, 0.1) is 6.04 Å². The molecular formula is C24H26N2O2S. The summed E-state index contributed by atoms with van der Waals surface area (Å²) in [6.45, 7) is 3.48. The van der Waals surface area contributed by atoms with Crippen LogP contribution in [-0.2, 0) is 11.4 Å². The average Bonchev–Trinajstić information content (AvgIpc) is 2.75. The van der Waals surface area contributed by atoms with Crippen LogP contribution in [0.15, 0.2) is 65.9 Å². The average molecular weight is 407 g/mol. The van der Waals surface area contributed by atoms with Crippen molar-refractivity contribution in [2.75, 3.05) is 6.54 Å². The Morgan fingerprint density at radius 3 is 2.76 bits per heavy atom.